The first kappa shape index (κ1) is 18.6. The molecule has 0 saturated heterocycles. The van der Waals surface area contributed by atoms with Gasteiger partial charge in [0.2, 0.25) is 11.8 Å². The lowest BCUT2D eigenvalue weighted by molar-refractivity contribution is -0.147. The molecule has 0 unspecified atom stereocenters. The molecule has 1 N–H and O–H groups in total. The van der Waals surface area contributed by atoms with Crippen molar-refractivity contribution >= 4 is 17.8 Å². The van der Waals surface area contributed by atoms with Gasteiger partial charge in [0.05, 0.1) is 26.7 Å². The number of methoxy groups -OCH3 is 2. The Kier molecular flexibility index (Phi) is 8.38. The number of ether oxygens (including phenoxy) is 2. The number of rotatable bonds is 9. The van der Waals surface area contributed by atoms with Crippen LogP contribution in [0.4, 0.5) is 0 Å². The highest BCUT2D eigenvalue weighted by Gasteiger charge is 2.18. The Balaban J connectivity index is 2.46. The maximum atomic E-state index is 12.1. The van der Waals surface area contributed by atoms with Crippen LogP contribution in [0.1, 0.15) is 5.56 Å². The molecule has 23 heavy (non-hydrogen) atoms. The third-order valence-corrected chi connectivity index (χ3v) is 3.11. The Labute approximate surface area is 135 Å². The van der Waals surface area contributed by atoms with Crippen molar-refractivity contribution in [3.8, 4) is 0 Å². The van der Waals surface area contributed by atoms with Crippen LogP contribution in [-0.2, 0) is 30.3 Å². The summed E-state index contributed by atoms with van der Waals surface area (Å²) in [7, 11) is 2.76. The highest BCUT2D eigenvalue weighted by molar-refractivity contribution is 5.87. The fraction of sp³-hybridized carbons (Fsp3) is 0.438. The summed E-state index contributed by atoms with van der Waals surface area (Å²) in [6.45, 7) is 0.194. The van der Waals surface area contributed by atoms with Crippen molar-refractivity contribution < 1.29 is 23.9 Å². The number of benzene rings is 1. The molecule has 0 bridgehead atoms. The zero-order valence-electron chi connectivity index (χ0n) is 13.4. The molecule has 2 amide bonds. The van der Waals surface area contributed by atoms with Gasteiger partial charge in [-0.3, -0.25) is 14.4 Å². The van der Waals surface area contributed by atoms with Gasteiger partial charge in [-0.05, 0) is 5.56 Å². The molecule has 0 aliphatic carbocycles. The molecule has 7 nitrogen and oxygen atoms in total. The van der Waals surface area contributed by atoms with Crippen LogP contribution in [0.15, 0.2) is 30.3 Å². The molecule has 126 valence electrons. The van der Waals surface area contributed by atoms with Crippen molar-refractivity contribution in [1.82, 2.24) is 10.2 Å². The molecular formula is C16H22N2O5. The van der Waals surface area contributed by atoms with Crippen molar-refractivity contribution in [3.63, 3.8) is 0 Å². The summed E-state index contributed by atoms with van der Waals surface area (Å²) in [6.07, 6.45) is 0.198. The standard InChI is InChI=1S/C16H22N2O5/c1-22-9-8-18(12-16(21)23-2)15(20)11-17-14(19)10-13-6-4-3-5-7-13/h3-7H,8-12H2,1-2H3,(H,17,19). The Morgan fingerprint density at radius 2 is 1.83 bits per heavy atom. The van der Waals surface area contributed by atoms with Crippen molar-refractivity contribution in [2.75, 3.05) is 40.5 Å². The van der Waals surface area contributed by atoms with Gasteiger partial charge >= 0.3 is 5.97 Å². The van der Waals surface area contributed by atoms with Gasteiger partial charge in [0, 0.05) is 13.7 Å². The monoisotopic (exact) mass is 322 g/mol. The topological polar surface area (TPSA) is 84.9 Å². The van der Waals surface area contributed by atoms with E-state index in [9.17, 15) is 14.4 Å². The SMILES string of the molecule is COCCN(CC(=O)OC)C(=O)CNC(=O)Cc1ccccc1. The Hall–Kier alpha value is -2.41. The van der Waals surface area contributed by atoms with Crippen LogP contribution in [0.3, 0.4) is 0 Å². The second-order valence-corrected chi connectivity index (χ2v) is 4.82. The summed E-state index contributed by atoms with van der Waals surface area (Å²) < 4.78 is 9.46. The van der Waals surface area contributed by atoms with Gasteiger partial charge in [0.1, 0.15) is 6.54 Å². The lowest BCUT2D eigenvalue weighted by atomic mass is 10.1. The Morgan fingerprint density at radius 1 is 1.13 bits per heavy atom. The molecule has 0 radical (unpaired) electrons. The van der Waals surface area contributed by atoms with E-state index >= 15 is 0 Å². The third kappa shape index (κ3) is 7.42. The molecule has 0 fully saturated rings. The third-order valence-electron chi connectivity index (χ3n) is 3.11. The van der Waals surface area contributed by atoms with Crippen molar-refractivity contribution in [2.45, 2.75) is 6.42 Å². The molecule has 0 saturated carbocycles. The molecule has 0 aromatic heterocycles. The van der Waals surface area contributed by atoms with Crippen molar-refractivity contribution in [3.05, 3.63) is 35.9 Å². The maximum absolute atomic E-state index is 12.1. The summed E-state index contributed by atoms with van der Waals surface area (Å²) in [5.41, 5.74) is 0.864. The van der Waals surface area contributed by atoms with Crippen LogP contribution in [-0.4, -0.2) is 63.1 Å². The van der Waals surface area contributed by atoms with Gasteiger partial charge in [0.25, 0.3) is 0 Å². The lowest BCUT2D eigenvalue weighted by Gasteiger charge is -2.21. The number of hydrogen-bond acceptors (Lipinski definition) is 5. The number of carbonyl (C=O) groups excluding carboxylic acids is 3. The van der Waals surface area contributed by atoms with E-state index in [2.05, 4.69) is 10.1 Å². The molecule has 0 atom stereocenters. The van der Waals surface area contributed by atoms with Crippen molar-refractivity contribution in [2.24, 2.45) is 0 Å². The highest BCUT2D eigenvalue weighted by Crippen LogP contribution is 1.99. The van der Waals surface area contributed by atoms with E-state index < -0.39 is 5.97 Å². The summed E-state index contributed by atoms with van der Waals surface area (Å²) in [5.74, 6) is -1.15. The molecular weight excluding hydrogens is 300 g/mol. The van der Waals surface area contributed by atoms with E-state index in [1.54, 1.807) is 0 Å². The largest absolute Gasteiger partial charge is 0.468 e. The number of hydrogen-bond donors (Lipinski definition) is 1. The van der Waals surface area contributed by atoms with Gasteiger partial charge in [0.15, 0.2) is 0 Å². The normalized spacial score (nSPS) is 10.0. The average molecular weight is 322 g/mol. The Bertz CT molecular complexity index is 518. The number of amides is 2. The number of carbonyl (C=O) groups is 3. The molecule has 1 aromatic rings. The van der Waals surface area contributed by atoms with Gasteiger partial charge in [-0.15, -0.1) is 0 Å². The Morgan fingerprint density at radius 3 is 2.43 bits per heavy atom. The van der Waals surface area contributed by atoms with Crippen LogP contribution in [0.2, 0.25) is 0 Å². The minimum absolute atomic E-state index is 0.173. The zero-order valence-corrected chi connectivity index (χ0v) is 13.4. The second kappa shape index (κ2) is 10.3. The first-order chi connectivity index (χ1) is 11.1. The van der Waals surface area contributed by atoms with E-state index in [0.29, 0.717) is 6.61 Å². The second-order valence-electron chi connectivity index (χ2n) is 4.82. The van der Waals surface area contributed by atoms with Gasteiger partial charge < -0.3 is 19.7 Å². The molecule has 0 heterocycles. The summed E-state index contributed by atoms with van der Waals surface area (Å²) >= 11 is 0. The number of nitrogens with zero attached hydrogens (tertiary/aromatic N) is 1. The zero-order chi connectivity index (χ0) is 17.1. The molecule has 7 heteroatoms. The van der Waals surface area contributed by atoms with Crippen LogP contribution in [0.25, 0.3) is 0 Å². The average Bonchev–Trinajstić information content (AvgIpc) is 2.57. The fourth-order valence-corrected chi connectivity index (χ4v) is 1.84. The first-order valence-corrected chi connectivity index (χ1v) is 7.21. The predicted octanol–water partition coefficient (Wildman–Crippen LogP) is -0.00670. The predicted molar refractivity (Wildman–Crippen MR) is 83.6 cm³/mol. The lowest BCUT2D eigenvalue weighted by Crippen LogP contribution is -2.44. The van der Waals surface area contributed by atoms with E-state index in [1.165, 1.54) is 19.1 Å². The van der Waals surface area contributed by atoms with Crippen LogP contribution >= 0.6 is 0 Å². The van der Waals surface area contributed by atoms with Gasteiger partial charge in [-0.1, -0.05) is 30.3 Å². The molecule has 1 rings (SSSR count). The summed E-state index contributed by atoms with van der Waals surface area (Å²) in [5, 5.41) is 2.56. The van der Waals surface area contributed by atoms with Gasteiger partial charge in [-0.25, -0.2) is 0 Å². The summed E-state index contributed by atoms with van der Waals surface area (Å²) in [4.78, 5) is 36.6. The van der Waals surface area contributed by atoms with Gasteiger partial charge in [-0.2, -0.15) is 0 Å². The van der Waals surface area contributed by atoms with Crippen LogP contribution in [0, 0.1) is 0 Å². The fourth-order valence-electron chi connectivity index (χ4n) is 1.84. The maximum Gasteiger partial charge on any atom is 0.325 e. The van der Waals surface area contributed by atoms with E-state index in [4.69, 9.17) is 4.74 Å². The van der Waals surface area contributed by atoms with E-state index in [0.717, 1.165) is 5.56 Å². The van der Waals surface area contributed by atoms with Crippen molar-refractivity contribution in [1.29, 1.82) is 0 Å². The quantitative estimate of drug-likeness (QED) is 0.647. The number of esters is 1. The van der Waals surface area contributed by atoms with Crippen LogP contribution in [0.5, 0.6) is 0 Å². The molecule has 0 spiro atoms. The minimum atomic E-state index is -0.523. The molecule has 0 aliphatic heterocycles. The molecule has 0 aliphatic rings. The smallest absolute Gasteiger partial charge is 0.325 e. The van der Waals surface area contributed by atoms with Crippen LogP contribution < -0.4 is 5.32 Å². The first-order valence-electron chi connectivity index (χ1n) is 7.21. The van der Waals surface area contributed by atoms with E-state index in [1.807, 2.05) is 30.3 Å². The van der Waals surface area contributed by atoms with E-state index in [-0.39, 0.29) is 37.9 Å². The summed E-state index contributed by atoms with van der Waals surface area (Å²) in [6, 6.07) is 9.23. The minimum Gasteiger partial charge on any atom is -0.468 e. The highest BCUT2D eigenvalue weighted by atomic mass is 16.5. The molecule has 1 aromatic carbocycles. The number of nitrogens with one attached hydrogen (secondary N) is 1.